The Kier molecular flexibility index (Phi) is 10.2. The van der Waals surface area contributed by atoms with Crippen LogP contribution in [-0.4, -0.2) is 67.0 Å². The minimum absolute atomic E-state index is 0. The molecule has 3 rings (SSSR count). The molecule has 1 aromatic rings. The summed E-state index contributed by atoms with van der Waals surface area (Å²) in [6.45, 7) is 4.80. The molecular formula is C18H29Cl2N3OS. The molecule has 4 nitrogen and oxygen atoms in total. The van der Waals surface area contributed by atoms with Crippen LogP contribution in [0.5, 0.6) is 0 Å². The molecular weight excluding hydrogens is 377 g/mol. The van der Waals surface area contributed by atoms with Gasteiger partial charge < -0.3 is 10.2 Å². The van der Waals surface area contributed by atoms with Gasteiger partial charge in [-0.1, -0.05) is 30.3 Å². The number of benzene rings is 1. The fourth-order valence-electron chi connectivity index (χ4n) is 3.64. The molecule has 2 saturated heterocycles. The molecule has 7 heteroatoms. The molecule has 1 aromatic carbocycles. The second kappa shape index (κ2) is 11.3. The lowest BCUT2D eigenvalue weighted by molar-refractivity contribution is -0.136. The second-order valence-corrected chi connectivity index (χ2v) is 7.68. The molecule has 0 radical (unpaired) electrons. The van der Waals surface area contributed by atoms with Crippen molar-refractivity contribution in [2.75, 3.05) is 51.3 Å². The largest absolute Gasteiger partial charge is 0.341 e. The van der Waals surface area contributed by atoms with E-state index in [1.54, 1.807) is 0 Å². The third-order valence-electron chi connectivity index (χ3n) is 4.85. The number of rotatable bonds is 5. The average Bonchev–Trinajstić information content (AvgIpc) is 3.06. The first kappa shape index (κ1) is 22.6. The summed E-state index contributed by atoms with van der Waals surface area (Å²) in [5.74, 6) is 3.14. The molecule has 0 aromatic heterocycles. The highest BCUT2D eigenvalue weighted by molar-refractivity contribution is 7.99. The Morgan fingerprint density at radius 2 is 1.88 bits per heavy atom. The first-order chi connectivity index (χ1) is 11.3. The van der Waals surface area contributed by atoms with Gasteiger partial charge in [-0.2, -0.15) is 11.8 Å². The van der Waals surface area contributed by atoms with Gasteiger partial charge in [0.1, 0.15) is 6.04 Å². The van der Waals surface area contributed by atoms with Gasteiger partial charge in [-0.3, -0.25) is 9.69 Å². The van der Waals surface area contributed by atoms with Crippen LogP contribution in [0, 0.1) is 5.92 Å². The Balaban J connectivity index is 0.00000156. The molecule has 2 aliphatic heterocycles. The van der Waals surface area contributed by atoms with Crippen molar-refractivity contribution in [2.24, 2.45) is 5.92 Å². The number of carbonyl (C=O) groups is 1. The van der Waals surface area contributed by atoms with Gasteiger partial charge in [0.05, 0.1) is 0 Å². The van der Waals surface area contributed by atoms with Gasteiger partial charge in [-0.25, -0.2) is 0 Å². The van der Waals surface area contributed by atoms with Crippen LogP contribution in [0.25, 0.3) is 0 Å². The van der Waals surface area contributed by atoms with Crippen LogP contribution in [0.3, 0.4) is 0 Å². The summed E-state index contributed by atoms with van der Waals surface area (Å²) in [7, 11) is 1.99. The lowest BCUT2D eigenvalue weighted by Crippen LogP contribution is -2.45. The molecule has 2 aliphatic rings. The number of likely N-dealkylation sites (tertiary alicyclic amines) is 1. The number of hydrogen-bond acceptors (Lipinski definition) is 4. The Labute approximate surface area is 167 Å². The van der Waals surface area contributed by atoms with Crippen LogP contribution in [0.15, 0.2) is 30.3 Å². The summed E-state index contributed by atoms with van der Waals surface area (Å²) in [5, 5.41) is 3.24. The maximum atomic E-state index is 13.3. The van der Waals surface area contributed by atoms with Gasteiger partial charge in [0.15, 0.2) is 0 Å². The van der Waals surface area contributed by atoms with Crippen LogP contribution < -0.4 is 5.32 Å². The molecule has 142 valence electrons. The highest BCUT2D eigenvalue weighted by Gasteiger charge is 2.35. The summed E-state index contributed by atoms with van der Waals surface area (Å²) in [5.41, 5.74) is 1.14. The van der Waals surface area contributed by atoms with E-state index in [4.69, 9.17) is 0 Å². The number of hydrogen-bond donors (Lipinski definition) is 1. The maximum absolute atomic E-state index is 13.3. The molecule has 0 bridgehead atoms. The summed E-state index contributed by atoms with van der Waals surface area (Å²) < 4.78 is 0. The van der Waals surface area contributed by atoms with Gasteiger partial charge in [0.2, 0.25) is 5.91 Å². The zero-order valence-electron chi connectivity index (χ0n) is 14.7. The average molecular weight is 406 g/mol. The highest BCUT2D eigenvalue weighted by atomic mass is 35.5. The first-order valence-corrected chi connectivity index (χ1v) is 9.75. The fourth-order valence-corrected chi connectivity index (χ4v) is 4.57. The predicted octanol–water partition coefficient (Wildman–Crippen LogP) is 2.69. The van der Waals surface area contributed by atoms with Crippen molar-refractivity contribution in [3.63, 3.8) is 0 Å². The Morgan fingerprint density at radius 3 is 2.52 bits per heavy atom. The minimum Gasteiger partial charge on any atom is -0.341 e. The van der Waals surface area contributed by atoms with Crippen molar-refractivity contribution in [1.29, 1.82) is 0 Å². The molecule has 2 atom stereocenters. The third kappa shape index (κ3) is 5.76. The van der Waals surface area contributed by atoms with E-state index in [1.165, 1.54) is 0 Å². The lowest BCUT2D eigenvalue weighted by Gasteiger charge is -2.35. The van der Waals surface area contributed by atoms with Gasteiger partial charge in [-0.15, -0.1) is 24.8 Å². The number of nitrogens with zero attached hydrogens (tertiary/aromatic N) is 2. The van der Waals surface area contributed by atoms with Crippen molar-refractivity contribution in [3.8, 4) is 0 Å². The molecule has 1 N–H and O–H groups in total. The number of halogens is 2. The third-order valence-corrected chi connectivity index (χ3v) is 5.79. The van der Waals surface area contributed by atoms with Gasteiger partial charge in [0, 0.05) is 37.7 Å². The standard InChI is InChI=1S/C18H27N3OS.2ClH/c1-19-13-15-7-8-21(14-15)18(22)17(16-5-3-2-4-6-16)20-9-11-23-12-10-20;;/h2-6,15,17,19H,7-14H2,1H3;2*1H. The van der Waals surface area contributed by atoms with Crippen molar-refractivity contribution in [1.82, 2.24) is 15.1 Å². The monoisotopic (exact) mass is 405 g/mol. The number of thioether (sulfide) groups is 1. The first-order valence-electron chi connectivity index (χ1n) is 8.59. The zero-order chi connectivity index (χ0) is 16.1. The number of amides is 1. The summed E-state index contributed by atoms with van der Waals surface area (Å²) in [6.07, 6.45) is 1.12. The number of carbonyl (C=O) groups excluding carboxylic acids is 1. The minimum atomic E-state index is -0.106. The molecule has 25 heavy (non-hydrogen) atoms. The van der Waals surface area contributed by atoms with Crippen LogP contribution in [0.1, 0.15) is 18.0 Å². The predicted molar refractivity (Wildman–Crippen MR) is 111 cm³/mol. The van der Waals surface area contributed by atoms with Gasteiger partial charge in [0.25, 0.3) is 0 Å². The van der Waals surface area contributed by atoms with E-state index in [9.17, 15) is 4.79 Å². The van der Waals surface area contributed by atoms with E-state index in [0.717, 1.165) is 56.2 Å². The van der Waals surface area contributed by atoms with E-state index in [1.807, 2.05) is 37.0 Å². The van der Waals surface area contributed by atoms with Crippen molar-refractivity contribution in [3.05, 3.63) is 35.9 Å². The molecule has 0 saturated carbocycles. The van der Waals surface area contributed by atoms with E-state index < -0.39 is 0 Å². The molecule has 1 amide bonds. The van der Waals surface area contributed by atoms with E-state index >= 15 is 0 Å². The highest BCUT2D eigenvalue weighted by Crippen LogP contribution is 2.28. The molecule has 2 heterocycles. The van der Waals surface area contributed by atoms with Gasteiger partial charge in [-0.05, 0) is 31.5 Å². The Hall–Kier alpha value is -0.460. The second-order valence-electron chi connectivity index (χ2n) is 6.46. The van der Waals surface area contributed by atoms with E-state index in [2.05, 4.69) is 27.2 Å². The Bertz CT molecular complexity index is 514. The summed E-state index contributed by atoms with van der Waals surface area (Å²) in [4.78, 5) is 17.7. The summed E-state index contributed by atoms with van der Waals surface area (Å²) in [6, 6.07) is 10.2. The Morgan fingerprint density at radius 1 is 1.20 bits per heavy atom. The van der Waals surface area contributed by atoms with E-state index in [0.29, 0.717) is 11.8 Å². The topological polar surface area (TPSA) is 35.6 Å². The van der Waals surface area contributed by atoms with Gasteiger partial charge >= 0.3 is 0 Å². The van der Waals surface area contributed by atoms with Crippen molar-refractivity contribution >= 4 is 42.5 Å². The SMILES string of the molecule is CNCC1CCN(C(=O)C(c2ccccc2)N2CCSCC2)C1.Cl.Cl. The normalized spacial score (nSPS) is 22.0. The quantitative estimate of drug-likeness (QED) is 0.816. The number of nitrogens with one attached hydrogen (secondary N) is 1. The maximum Gasteiger partial charge on any atom is 0.244 e. The lowest BCUT2D eigenvalue weighted by atomic mass is 10.0. The van der Waals surface area contributed by atoms with Crippen molar-refractivity contribution < 1.29 is 4.79 Å². The zero-order valence-corrected chi connectivity index (χ0v) is 17.2. The van der Waals surface area contributed by atoms with Crippen LogP contribution in [-0.2, 0) is 4.79 Å². The molecule has 0 spiro atoms. The van der Waals surface area contributed by atoms with Crippen LogP contribution >= 0.6 is 36.6 Å². The van der Waals surface area contributed by atoms with Crippen LogP contribution in [0.4, 0.5) is 0 Å². The smallest absolute Gasteiger partial charge is 0.244 e. The summed E-state index contributed by atoms with van der Waals surface area (Å²) >= 11 is 1.99. The van der Waals surface area contributed by atoms with Crippen LogP contribution in [0.2, 0.25) is 0 Å². The molecule has 0 aliphatic carbocycles. The fraction of sp³-hybridized carbons (Fsp3) is 0.611. The molecule has 2 unspecified atom stereocenters. The van der Waals surface area contributed by atoms with Crippen molar-refractivity contribution in [2.45, 2.75) is 12.5 Å². The molecule has 2 fully saturated rings. The van der Waals surface area contributed by atoms with E-state index in [-0.39, 0.29) is 30.9 Å².